The number of carbonyl (C=O) groups is 1. The molecule has 0 saturated carbocycles. The van der Waals surface area contributed by atoms with E-state index in [0.29, 0.717) is 0 Å². The quantitative estimate of drug-likeness (QED) is 0.843. The molecule has 2 aromatic carbocycles. The summed E-state index contributed by atoms with van der Waals surface area (Å²) in [5, 5.41) is 2.80. The van der Waals surface area contributed by atoms with Crippen molar-refractivity contribution in [3.8, 4) is 11.5 Å². The van der Waals surface area contributed by atoms with Gasteiger partial charge in [0.1, 0.15) is 0 Å². The molecule has 1 amide bonds. The first kappa shape index (κ1) is 17.7. The average Bonchev–Trinajstić information content (AvgIpc) is 2.55. The van der Waals surface area contributed by atoms with Gasteiger partial charge in [0.2, 0.25) is 5.91 Å². The zero-order chi connectivity index (χ0) is 17.5. The van der Waals surface area contributed by atoms with Crippen LogP contribution in [-0.4, -0.2) is 19.6 Å². The normalized spacial score (nSPS) is 10.5. The molecule has 0 fully saturated rings. The fourth-order valence-electron chi connectivity index (χ4n) is 2.26. The first-order valence-corrected chi connectivity index (χ1v) is 7.42. The Balaban J connectivity index is 1.96. The van der Waals surface area contributed by atoms with E-state index < -0.39 is 6.61 Å². The van der Waals surface area contributed by atoms with Gasteiger partial charge in [0, 0.05) is 6.54 Å². The van der Waals surface area contributed by atoms with Crippen LogP contribution in [0.5, 0.6) is 11.5 Å². The number of amides is 1. The first-order chi connectivity index (χ1) is 11.5. The number of aryl methyl sites for hydroxylation is 1. The van der Waals surface area contributed by atoms with Crippen molar-refractivity contribution >= 4 is 5.91 Å². The van der Waals surface area contributed by atoms with E-state index in [2.05, 4.69) is 10.1 Å². The fraction of sp³-hybridized carbons (Fsp3) is 0.278. The lowest BCUT2D eigenvalue weighted by molar-refractivity contribution is -0.120. The Hall–Kier alpha value is -2.63. The molecule has 0 atom stereocenters. The maximum absolute atomic E-state index is 12.3. The molecule has 128 valence electrons. The highest BCUT2D eigenvalue weighted by molar-refractivity contribution is 5.78. The third-order valence-corrected chi connectivity index (χ3v) is 3.55. The van der Waals surface area contributed by atoms with E-state index in [9.17, 15) is 13.6 Å². The number of benzene rings is 2. The fourth-order valence-corrected chi connectivity index (χ4v) is 2.26. The van der Waals surface area contributed by atoms with Crippen molar-refractivity contribution in [1.29, 1.82) is 0 Å². The van der Waals surface area contributed by atoms with Gasteiger partial charge >= 0.3 is 6.61 Å². The Kier molecular flexibility index (Phi) is 6.12. The molecule has 0 aliphatic heterocycles. The van der Waals surface area contributed by atoms with Gasteiger partial charge in [-0.25, -0.2) is 0 Å². The second-order valence-electron chi connectivity index (χ2n) is 5.24. The Bertz CT molecular complexity index is 704. The predicted molar refractivity (Wildman–Crippen MR) is 86.4 cm³/mol. The number of carbonyl (C=O) groups excluding carboxylic acids is 1. The van der Waals surface area contributed by atoms with Crippen LogP contribution < -0.4 is 14.8 Å². The highest BCUT2D eigenvalue weighted by Gasteiger charge is 2.11. The summed E-state index contributed by atoms with van der Waals surface area (Å²) in [6.45, 7) is -0.691. The molecule has 0 spiro atoms. The summed E-state index contributed by atoms with van der Waals surface area (Å²) in [4.78, 5) is 12.0. The van der Waals surface area contributed by atoms with Crippen LogP contribution in [0.1, 0.15) is 16.7 Å². The Labute approximate surface area is 139 Å². The molecule has 0 unspecified atom stereocenters. The van der Waals surface area contributed by atoms with Crippen molar-refractivity contribution in [2.75, 3.05) is 7.11 Å². The highest BCUT2D eigenvalue weighted by atomic mass is 19.3. The van der Waals surface area contributed by atoms with Crippen molar-refractivity contribution in [3.63, 3.8) is 0 Å². The molecular weight excluding hydrogens is 316 g/mol. The standard InChI is InChI=1S/C18H19F2NO3/c1-12-5-3-4-6-14(12)10-17(22)21-11-13-7-8-15(24-18(19)20)16(9-13)23-2/h3-9,18H,10-11H2,1-2H3,(H,21,22). The van der Waals surface area contributed by atoms with Gasteiger partial charge in [-0.05, 0) is 35.7 Å². The number of halogens is 2. The summed E-state index contributed by atoms with van der Waals surface area (Å²) >= 11 is 0. The van der Waals surface area contributed by atoms with Gasteiger partial charge in [-0.3, -0.25) is 4.79 Å². The second kappa shape index (κ2) is 8.29. The molecule has 0 aliphatic rings. The van der Waals surface area contributed by atoms with Gasteiger partial charge in [0.05, 0.1) is 13.5 Å². The van der Waals surface area contributed by atoms with Gasteiger partial charge in [-0.1, -0.05) is 30.3 Å². The minimum atomic E-state index is -2.92. The highest BCUT2D eigenvalue weighted by Crippen LogP contribution is 2.29. The number of alkyl halides is 2. The maximum Gasteiger partial charge on any atom is 0.387 e. The molecule has 6 heteroatoms. The number of hydrogen-bond acceptors (Lipinski definition) is 3. The summed E-state index contributed by atoms with van der Waals surface area (Å²) in [6, 6.07) is 12.2. The third kappa shape index (κ3) is 4.94. The van der Waals surface area contributed by atoms with E-state index in [1.807, 2.05) is 31.2 Å². The molecule has 0 aromatic heterocycles. The van der Waals surface area contributed by atoms with E-state index in [1.165, 1.54) is 13.2 Å². The SMILES string of the molecule is COc1cc(CNC(=O)Cc2ccccc2C)ccc1OC(F)F. The van der Waals surface area contributed by atoms with Crippen LogP contribution in [0.4, 0.5) is 8.78 Å². The van der Waals surface area contributed by atoms with Crippen LogP contribution in [0.15, 0.2) is 42.5 Å². The number of rotatable bonds is 7. The number of ether oxygens (including phenoxy) is 2. The lowest BCUT2D eigenvalue weighted by Crippen LogP contribution is -2.24. The first-order valence-electron chi connectivity index (χ1n) is 7.42. The van der Waals surface area contributed by atoms with Crippen molar-refractivity contribution in [3.05, 3.63) is 59.2 Å². The van der Waals surface area contributed by atoms with Crippen LogP contribution in [0, 0.1) is 6.92 Å². The van der Waals surface area contributed by atoms with Crippen LogP contribution >= 0.6 is 0 Å². The molecule has 24 heavy (non-hydrogen) atoms. The second-order valence-corrected chi connectivity index (χ2v) is 5.24. The summed E-state index contributed by atoms with van der Waals surface area (Å²) in [6.07, 6.45) is 0.288. The summed E-state index contributed by atoms with van der Waals surface area (Å²) in [5.41, 5.74) is 2.75. The van der Waals surface area contributed by atoms with Gasteiger partial charge in [-0.2, -0.15) is 8.78 Å². The molecule has 0 heterocycles. The zero-order valence-corrected chi connectivity index (χ0v) is 13.5. The van der Waals surface area contributed by atoms with E-state index in [-0.39, 0.29) is 30.4 Å². The van der Waals surface area contributed by atoms with E-state index >= 15 is 0 Å². The average molecular weight is 335 g/mol. The molecule has 0 aliphatic carbocycles. The van der Waals surface area contributed by atoms with Crippen molar-refractivity contribution in [2.24, 2.45) is 0 Å². The van der Waals surface area contributed by atoms with E-state index in [1.54, 1.807) is 12.1 Å². The van der Waals surface area contributed by atoms with Crippen molar-refractivity contribution < 1.29 is 23.0 Å². The largest absolute Gasteiger partial charge is 0.493 e. The lowest BCUT2D eigenvalue weighted by atomic mass is 10.1. The summed E-state index contributed by atoms with van der Waals surface area (Å²) in [7, 11) is 1.37. The molecule has 4 nitrogen and oxygen atoms in total. The molecular formula is C18H19F2NO3. The molecule has 2 aromatic rings. The van der Waals surface area contributed by atoms with E-state index in [0.717, 1.165) is 16.7 Å². The molecule has 0 saturated heterocycles. The van der Waals surface area contributed by atoms with Crippen LogP contribution in [0.3, 0.4) is 0 Å². The van der Waals surface area contributed by atoms with Gasteiger partial charge in [-0.15, -0.1) is 0 Å². The van der Waals surface area contributed by atoms with Crippen LogP contribution in [0.25, 0.3) is 0 Å². The summed E-state index contributed by atoms with van der Waals surface area (Å²) in [5.74, 6) is 0.0413. The van der Waals surface area contributed by atoms with Crippen molar-refractivity contribution in [2.45, 2.75) is 26.5 Å². The van der Waals surface area contributed by atoms with Gasteiger partial charge < -0.3 is 14.8 Å². The van der Waals surface area contributed by atoms with Gasteiger partial charge in [0.15, 0.2) is 11.5 Å². The minimum Gasteiger partial charge on any atom is -0.493 e. The Morgan fingerprint density at radius 3 is 2.58 bits per heavy atom. The zero-order valence-electron chi connectivity index (χ0n) is 13.5. The molecule has 0 radical (unpaired) electrons. The predicted octanol–water partition coefficient (Wildman–Crippen LogP) is 3.46. The van der Waals surface area contributed by atoms with E-state index in [4.69, 9.17) is 4.74 Å². The molecule has 1 N–H and O–H groups in total. The van der Waals surface area contributed by atoms with Crippen molar-refractivity contribution in [1.82, 2.24) is 5.32 Å². The van der Waals surface area contributed by atoms with Gasteiger partial charge in [0.25, 0.3) is 0 Å². The number of methoxy groups -OCH3 is 1. The molecule has 2 rings (SSSR count). The Morgan fingerprint density at radius 2 is 1.92 bits per heavy atom. The Morgan fingerprint density at radius 1 is 1.17 bits per heavy atom. The third-order valence-electron chi connectivity index (χ3n) is 3.55. The molecule has 0 bridgehead atoms. The van der Waals surface area contributed by atoms with Crippen LogP contribution in [0.2, 0.25) is 0 Å². The maximum atomic E-state index is 12.3. The number of hydrogen-bond donors (Lipinski definition) is 1. The monoisotopic (exact) mass is 335 g/mol. The summed E-state index contributed by atoms with van der Waals surface area (Å²) < 4.78 is 34.0. The lowest BCUT2D eigenvalue weighted by Gasteiger charge is -2.12. The smallest absolute Gasteiger partial charge is 0.387 e. The number of nitrogens with one attached hydrogen (secondary N) is 1. The minimum absolute atomic E-state index is 0.0394. The topological polar surface area (TPSA) is 47.6 Å². The van der Waals surface area contributed by atoms with Crippen LogP contribution in [-0.2, 0) is 17.8 Å².